The summed E-state index contributed by atoms with van der Waals surface area (Å²) in [4.78, 5) is 6.95. The number of benzene rings is 1. The van der Waals surface area contributed by atoms with Gasteiger partial charge in [-0.15, -0.1) is 0 Å². The van der Waals surface area contributed by atoms with Gasteiger partial charge in [0.1, 0.15) is 0 Å². The van der Waals surface area contributed by atoms with Crippen LogP contribution in [0.25, 0.3) is 10.8 Å². The second-order valence-electron chi connectivity index (χ2n) is 7.54. The fraction of sp³-hybridized carbons (Fsp3) is 0.500. The maximum atomic E-state index is 5.65. The van der Waals surface area contributed by atoms with E-state index in [4.69, 9.17) is 12.2 Å². The predicted octanol–water partition coefficient (Wildman–Crippen LogP) is 3.80. The molecular weight excluding hydrogens is 328 g/mol. The van der Waals surface area contributed by atoms with Gasteiger partial charge in [-0.2, -0.15) is 0 Å². The zero-order chi connectivity index (χ0) is 17.2. The molecule has 1 saturated carbocycles. The van der Waals surface area contributed by atoms with Gasteiger partial charge in [0, 0.05) is 24.7 Å². The third kappa shape index (κ3) is 3.77. The van der Waals surface area contributed by atoms with Crippen LogP contribution in [-0.2, 0) is 0 Å². The van der Waals surface area contributed by atoms with E-state index >= 15 is 0 Å². The van der Waals surface area contributed by atoms with Crippen molar-refractivity contribution in [1.29, 1.82) is 0 Å². The van der Waals surface area contributed by atoms with Gasteiger partial charge >= 0.3 is 0 Å². The molecule has 2 saturated heterocycles. The van der Waals surface area contributed by atoms with Crippen LogP contribution in [-0.4, -0.2) is 28.1 Å². The molecule has 1 aliphatic carbocycles. The number of hydrazine groups is 1. The van der Waals surface area contributed by atoms with E-state index in [0.717, 1.165) is 35.7 Å². The minimum atomic E-state index is 0.0891. The SMILES string of the molecule is CC(NNC(=S)N1CC2CCC(CC2)C1)c1cc2ccccc2cn1. The van der Waals surface area contributed by atoms with E-state index < -0.39 is 0 Å². The lowest BCUT2D eigenvalue weighted by Crippen LogP contribution is -2.48. The Hall–Kier alpha value is -1.72. The molecule has 3 fully saturated rings. The summed E-state index contributed by atoms with van der Waals surface area (Å²) in [6.07, 6.45) is 7.42. The quantitative estimate of drug-likeness (QED) is 0.648. The number of pyridine rings is 1. The first-order valence-corrected chi connectivity index (χ1v) is 9.75. The van der Waals surface area contributed by atoms with E-state index in [2.05, 4.69) is 51.9 Å². The van der Waals surface area contributed by atoms with Crippen molar-refractivity contribution in [2.45, 2.75) is 38.6 Å². The first kappa shape index (κ1) is 16.7. The van der Waals surface area contributed by atoms with Crippen LogP contribution in [0.2, 0.25) is 0 Å². The number of fused-ring (bicyclic) bond motifs is 5. The molecule has 1 atom stereocenters. The number of hydrogen-bond acceptors (Lipinski definition) is 3. The van der Waals surface area contributed by atoms with Gasteiger partial charge in [0.05, 0.1) is 11.7 Å². The minimum absolute atomic E-state index is 0.0891. The number of aromatic nitrogens is 1. The lowest BCUT2D eigenvalue weighted by molar-refractivity contribution is 0.326. The minimum Gasteiger partial charge on any atom is -0.348 e. The van der Waals surface area contributed by atoms with Crippen LogP contribution >= 0.6 is 12.2 Å². The van der Waals surface area contributed by atoms with E-state index in [-0.39, 0.29) is 6.04 Å². The number of nitrogens with one attached hydrogen (secondary N) is 2. The zero-order valence-electron chi connectivity index (χ0n) is 14.7. The van der Waals surface area contributed by atoms with Crippen molar-refractivity contribution in [1.82, 2.24) is 20.7 Å². The van der Waals surface area contributed by atoms with E-state index in [0.29, 0.717) is 0 Å². The van der Waals surface area contributed by atoms with Crippen LogP contribution in [0.15, 0.2) is 36.5 Å². The second kappa shape index (κ2) is 7.26. The molecule has 0 amide bonds. The predicted molar refractivity (Wildman–Crippen MR) is 106 cm³/mol. The standard InChI is InChI=1S/C20H26N4S/c1-14(19-10-17-4-2-3-5-18(17)11-21-19)22-23-20(25)24-12-15-6-7-16(13-24)9-8-15/h2-5,10-11,14-16,22H,6-9,12-13H2,1H3,(H,23,25). The summed E-state index contributed by atoms with van der Waals surface area (Å²) < 4.78 is 0. The van der Waals surface area contributed by atoms with Crippen molar-refractivity contribution in [3.8, 4) is 0 Å². The molecule has 2 bridgehead atoms. The maximum Gasteiger partial charge on any atom is 0.183 e. The highest BCUT2D eigenvalue weighted by atomic mass is 32.1. The van der Waals surface area contributed by atoms with Gasteiger partial charge in [-0.1, -0.05) is 24.3 Å². The third-order valence-corrected chi connectivity index (χ3v) is 6.06. The van der Waals surface area contributed by atoms with Crippen molar-refractivity contribution in [3.63, 3.8) is 0 Å². The molecule has 1 aromatic heterocycles. The molecule has 5 rings (SSSR count). The largest absolute Gasteiger partial charge is 0.348 e. The smallest absolute Gasteiger partial charge is 0.183 e. The van der Waals surface area contributed by atoms with Crippen LogP contribution < -0.4 is 10.9 Å². The number of nitrogens with zero attached hydrogens (tertiary/aromatic N) is 2. The fourth-order valence-electron chi connectivity index (χ4n) is 4.12. The summed E-state index contributed by atoms with van der Waals surface area (Å²) in [6, 6.07) is 10.5. The Morgan fingerprint density at radius 1 is 1.12 bits per heavy atom. The summed E-state index contributed by atoms with van der Waals surface area (Å²) in [5.41, 5.74) is 7.62. The van der Waals surface area contributed by atoms with Gasteiger partial charge < -0.3 is 4.90 Å². The van der Waals surface area contributed by atoms with E-state index in [1.54, 1.807) is 0 Å². The number of rotatable bonds is 3. The molecule has 2 aliphatic heterocycles. The van der Waals surface area contributed by atoms with Crippen LogP contribution in [0.3, 0.4) is 0 Å². The molecule has 3 aliphatic rings. The van der Waals surface area contributed by atoms with Gasteiger partial charge in [0.2, 0.25) is 0 Å². The molecule has 1 aromatic carbocycles. The van der Waals surface area contributed by atoms with Gasteiger partial charge in [0.25, 0.3) is 0 Å². The zero-order valence-corrected chi connectivity index (χ0v) is 15.6. The average Bonchev–Trinajstić information content (AvgIpc) is 2.99. The Morgan fingerprint density at radius 3 is 2.44 bits per heavy atom. The molecule has 0 radical (unpaired) electrons. The lowest BCUT2D eigenvalue weighted by Gasteiger charge is -2.27. The van der Waals surface area contributed by atoms with Gasteiger partial charge in [0.15, 0.2) is 5.11 Å². The molecule has 132 valence electrons. The number of thiocarbonyl (C=S) groups is 1. The van der Waals surface area contributed by atoms with Crippen LogP contribution in [0.4, 0.5) is 0 Å². The molecule has 4 nitrogen and oxygen atoms in total. The Kier molecular flexibility index (Phi) is 4.86. The van der Waals surface area contributed by atoms with Gasteiger partial charge in [-0.3, -0.25) is 10.4 Å². The Labute approximate surface area is 155 Å². The molecule has 0 spiro atoms. The topological polar surface area (TPSA) is 40.2 Å². The summed E-state index contributed by atoms with van der Waals surface area (Å²) >= 11 is 5.65. The molecule has 2 N–H and O–H groups in total. The lowest BCUT2D eigenvalue weighted by atomic mass is 9.84. The van der Waals surface area contributed by atoms with Gasteiger partial charge in [-0.25, -0.2) is 5.43 Å². The molecule has 1 unspecified atom stereocenters. The van der Waals surface area contributed by atoms with Gasteiger partial charge in [-0.05, 0) is 68.1 Å². The van der Waals surface area contributed by atoms with Crippen LogP contribution in [0, 0.1) is 11.8 Å². The van der Waals surface area contributed by atoms with Crippen molar-refractivity contribution in [3.05, 3.63) is 42.2 Å². The molecule has 3 heterocycles. The summed E-state index contributed by atoms with van der Waals surface area (Å²) in [6.45, 7) is 4.32. The van der Waals surface area contributed by atoms with E-state index in [1.165, 1.54) is 36.5 Å². The molecular formula is C20H26N4S. The highest BCUT2D eigenvalue weighted by molar-refractivity contribution is 7.80. The van der Waals surface area contributed by atoms with E-state index in [1.807, 2.05) is 12.3 Å². The fourth-order valence-corrected chi connectivity index (χ4v) is 4.33. The van der Waals surface area contributed by atoms with Crippen molar-refractivity contribution < 1.29 is 0 Å². The highest BCUT2D eigenvalue weighted by Crippen LogP contribution is 2.33. The molecule has 25 heavy (non-hydrogen) atoms. The summed E-state index contributed by atoms with van der Waals surface area (Å²) in [7, 11) is 0. The Balaban J connectivity index is 1.37. The monoisotopic (exact) mass is 354 g/mol. The normalized spacial score (nSPS) is 24.1. The van der Waals surface area contributed by atoms with Crippen LogP contribution in [0.1, 0.15) is 44.3 Å². The maximum absolute atomic E-state index is 5.65. The second-order valence-corrected chi connectivity index (χ2v) is 7.93. The van der Waals surface area contributed by atoms with E-state index in [9.17, 15) is 0 Å². The summed E-state index contributed by atoms with van der Waals surface area (Å²) in [5, 5.41) is 3.21. The molecule has 5 heteroatoms. The first-order chi connectivity index (χ1) is 12.2. The Morgan fingerprint density at radius 2 is 1.76 bits per heavy atom. The number of hydrogen-bond donors (Lipinski definition) is 2. The van der Waals surface area contributed by atoms with Crippen molar-refractivity contribution in [2.75, 3.05) is 13.1 Å². The van der Waals surface area contributed by atoms with Crippen molar-refractivity contribution >= 4 is 28.1 Å². The molecule has 2 aromatic rings. The van der Waals surface area contributed by atoms with Crippen LogP contribution in [0.5, 0.6) is 0 Å². The Bertz CT molecular complexity index is 740. The summed E-state index contributed by atoms with van der Waals surface area (Å²) in [5.74, 6) is 1.64. The van der Waals surface area contributed by atoms with Crippen molar-refractivity contribution in [2.24, 2.45) is 11.8 Å². The third-order valence-electron chi connectivity index (χ3n) is 5.70. The average molecular weight is 355 g/mol. The highest BCUT2D eigenvalue weighted by Gasteiger charge is 2.30. The first-order valence-electron chi connectivity index (χ1n) is 9.34.